The smallest absolute Gasteiger partial charge is 0.136 e. The molecule has 1 aromatic heterocycles. The van der Waals surface area contributed by atoms with Crippen LogP contribution in [-0.2, 0) is 16.9 Å². The first-order valence-corrected chi connectivity index (χ1v) is 7.63. The molecule has 1 heterocycles. The summed E-state index contributed by atoms with van der Waals surface area (Å²) < 4.78 is 15.3. The van der Waals surface area contributed by atoms with Gasteiger partial charge in [-0.15, -0.1) is 4.72 Å². The minimum absolute atomic E-state index is 0.274. The zero-order valence-electron chi connectivity index (χ0n) is 12.2. The number of nitrogens with one attached hydrogen (secondary N) is 2. The summed E-state index contributed by atoms with van der Waals surface area (Å²) in [5.74, 6) is 0. The van der Waals surface area contributed by atoms with Gasteiger partial charge in [0.15, 0.2) is 0 Å². The van der Waals surface area contributed by atoms with Gasteiger partial charge in [-0.1, -0.05) is 12.1 Å². The molecule has 0 fully saturated rings. The summed E-state index contributed by atoms with van der Waals surface area (Å²) in [4.78, 5) is 3.21. The van der Waals surface area contributed by atoms with Crippen molar-refractivity contribution in [2.24, 2.45) is 0 Å². The van der Waals surface area contributed by atoms with Gasteiger partial charge in [0.2, 0.25) is 0 Å². The molecular formula is C15H22N2OS. The lowest BCUT2D eigenvalue weighted by Crippen LogP contribution is -2.48. The number of hydrogen-bond donors (Lipinski definition) is 2. The fourth-order valence-electron chi connectivity index (χ4n) is 2.07. The number of H-pyrrole nitrogens is 1. The van der Waals surface area contributed by atoms with Gasteiger partial charge < -0.3 is 9.54 Å². The second-order valence-electron chi connectivity index (χ2n) is 6.35. The van der Waals surface area contributed by atoms with Gasteiger partial charge in [-0.3, -0.25) is 0 Å². The van der Waals surface area contributed by atoms with Crippen LogP contribution in [0.15, 0.2) is 30.5 Å². The monoisotopic (exact) mass is 278 g/mol. The van der Waals surface area contributed by atoms with E-state index >= 15 is 0 Å². The Balaban J connectivity index is 2.36. The zero-order chi connectivity index (χ0) is 14.3. The van der Waals surface area contributed by atoms with E-state index in [-0.39, 0.29) is 10.3 Å². The van der Waals surface area contributed by atoms with Crippen molar-refractivity contribution in [1.29, 1.82) is 0 Å². The van der Waals surface area contributed by atoms with Crippen molar-refractivity contribution in [1.82, 2.24) is 9.71 Å². The largest absolute Gasteiger partial charge is 0.598 e. The predicted octanol–water partition coefficient (Wildman–Crippen LogP) is 3.45. The normalized spacial score (nSPS) is 14.8. The Kier molecular flexibility index (Phi) is 3.69. The fraction of sp³-hybridized carbons (Fsp3) is 0.467. The number of aromatic nitrogens is 1. The Morgan fingerprint density at radius 1 is 1.11 bits per heavy atom. The predicted molar refractivity (Wildman–Crippen MR) is 82.4 cm³/mol. The van der Waals surface area contributed by atoms with Gasteiger partial charge in [0.25, 0.3) is 0 Å². The lowest BCUT2D eigenvalue weighted by atomic mass is 9.93. The molecule has 19 heavy (non-hydrogen) atoms. The highest BCUT2D eigenvalue weighted by Crippen LogP contribution is 2.30. The van der Waals surface area contributed by atoms with Crippen LogP contribution in [-0.4, -0.2) is 14.3 Å². The van der Waals surface area contributed by atoms with Crippen LogP contribution in [0.5, 0.6) is 0 Å². The lowest BCUT2D eigenvalue weighted by molar-refractivity contribution is 0.459. The van der Waals surface area contributed by atoms with Crippen LogP contribution in [0, 0.1) is 0 Å². The molecule has 0 aliphatic rings. The van der Waals surface area contributed by atoms with Gasteiger partial charge in [-0.25, -0.2) is 0 Å². The second kappa shape index (κ2) is 4.85. The second-order valence-corrected chi connectivity index (χ2v) is 8.32. The van der Waals surface area contributed by atoms with E-state index in [0.717, 1.165) is 11.1 Å². The van der Waals surface area contributed by atoms with Crippen LogP contribution in [0.2, 0.25) is 0 Å². The quantitative estimate of drug-likeness (QED) is 0.845. The zero-order valence-corrected chi connectivity index (χ0v) is 13.0. The number of hydrogen-bond acceptors (Lipinski definition) is 2. The first-order chi connectivity index (χ1) is 8.72. The molecule has 0 saturated carbocycles. The Morgan fingerprint density at radius 2 is 1.79 bits per heavy atom. The molecule has 1 atom stereocenters. The molecular weight excluding hydrogens is 256 g/mol. The van der Waals surface area contributed by atoms with Crippen LogP contribution in [0.4, 0.5) is 0 Å². The molecule has 0 aliphatic heterocycles. The van der Waals surface area contributed by atoms with E-state index in [0.29, 0.717) is 0 Å². The van der Waals surface area contributed by atoms with E-state index < -0.39 is 11.4 Å². The number of benzene rings is 1. The average Bonchev–Trinajstić information content (AvgIpc) is 2.74. The summed E-state index contributed by atoms with van der Waals surface area (Å²) in [6.07, 6.45) is 1.94. The van der Waals surface area contributed by atoms with Crippen molar-refractivity contribution in [3.05, 3.63) is 36.0 Å². The summed E-state index contributed by atoms with van der Waals surface area (Å²) in [6, 6.07) is 8.23. The van der Waals surface area contributed by atoms with Crippen LogP contribution < -0.4 is 4.72 Å². The number of aromatic amines is 1. The Bertz CT molecular complexity index is 569. The minimum atomic E-state index is -1.10. The Morgan fingerprint density at radius 3 is 2.42 bits per heavy atom. The molecule has 0 saturated heterocycles. The van der Waals surface area contributed by atoms with Gasteiger partial charge in [0.05, 0.1) is 5.54 Å². The van der Waals surface area contributed by atoms with Gasteiger partial charge in [-0.05, 0) is 52.3 Å². The van der Waals surface area contributed by atoms with Gasteiger partial charge in [0.1, 0.15) is 4.75 Å². The van der Waals surface area contributed by atoms with Crippen molar-refractivity contribution in [3.63, 3.8) is 0 Å². The van der Waals surface area contributed by atoms with E-state index in [4.69, 9.17) is 0 Å². The first kappa shape index (κ1) is 14.4. The van der Waals surface area contributed by atoms with Crippen LogP contribution in [0.25, 0.3) is 10.9 Å². The molecule has 0 amide bonds. The third kappa shape index (κ3) is 2.96. The molecule has 1 unspecified atom stereocenters. The number of rotatable bonds is 3. The van der Waals surface area contributed by atoms with E-state index in [9.17, 15) is 4.55 Å². The minimum Gasteiger partial charge on any atom is -0.598 e. The van der Waals surface area contributed by atoms with Crippen LogP contribution in [0.3, 0.4) is 0 Å². The molecule has 0 aliphatic carbocycles. The van der Waals surface area contributed by atoms with Gasteiger partial charge in [-0.2, -0.15) is 0 Å². The van der Waals surface area contributed by atoms with E-state index in [1.807, 2.05) is 33.0 Å². The molecule has 104 valence electrons. The average molecular weight is 278 g/mol. The maximum atomic E-state index is 12.3. The van der Waals surface area contributed by atoms with E-state index in [1.165, 1.54) is 5.39 Å². The Hall–Kier alpha value is -0.970. The highest BCUT2D eigenvalue weighted by atomic mass is 32.2. The van der Waals surface area contributed by atoms with Crippen molar-refractivity contribution in [2.75, 3.05) is 0 Å². The molecule has 0 bridgehead atoms. The van der Waals surface area contributed by atoms with Crippen molar-refractivity contribution < 1.29 is 4.55 Å². The fourth-order valence-corrected chi connectivity index (χ4v) is 2.95. The molecule has 2 aromatic rings. The van der Waals surface area contributed by atoms with Crippen molar-refractivity contribution in [3.8, 4) is 0 Å². The molecule has 1 aromatic carbocycles. The van der Waals surface area contributed by atoms with Crippen molar-refractivity contribution >= 4 is 22.3 Å². The van der Waals surface area contributed by atoms with Crippen molar-refractivity contribution in [2.45, 2.75) is 44.9 Å². The summed E-state index contributed by atoms with van der Waals surface area (Å²) in [5.41, 5.74) is 1.91. The molecule has 2 rings (SSSR count). The topological polar surface area (TPSA) is 50.9 Å². The van der Waals surface area contributed by atoms with Crippen LogP contribution in [0.1, 0.15) is 40.2 Å². The maximum Gasteiger partial charge on any atom is 0.136 e. The molecule has 0 spiro atoms. The third-order valence-electron chi connectivity index (χ3n) is 3.17. The maximum absolute atomic E-state index is 12.3. The lowest BCUT2D eigenvalue weighted by Gasteiger charge is -2.33. The molecule has 4 heteroatoms. The highest BCUT2D eigenvalue weighted by Gasteiger charge is 2.34. The first-order valence-electron chi connectivity index (χ1n) is 6.48. The summed E-state index contributed by atoms with van der Waals surface area (Å²) >= 11 is -1.10. The standard InChI is InChI=1S/C15H22N2OS/c1-14(2,3)19(18)17-15(4,5)12-7-6-8-13-11(12)9-10-16-13/h6-10,16-17H,1-5H3. The number of fused-ring (bicyclic) bond motifs is 1. The van der Waals surface area contributed by atoms with Gasteiger partial charge >= 0.3 is 0 Å². The molecule has 2 N–H and O–H groups in total. The van der Waals surface area contributed by atoms with Gasteiger partial charge in [0, 0.05) is 28.5 Å². The summed E-state index contributed by atoms with van der Waals surface area (Å²) in [7, 11) is 0. The Labute approximate surface area is 118 Å². The summed E-state index contributed by atoms with van der Waals surface area (Å²) in [5, 5.41) is 1.17. The molecule has 0 radical (unpaired) electrons. The van der Waals surface area contributed by atoms with E-state index in [2.05, 4.69) is 41.8 Å². The SMILES string of the molecule is CC(C)(N[S+]([O-])C(C)(C)C)c1cccc2[nH]ccc12. The highest BCUT2D eigenvalue weighted by molar-refractivity contribution is 7.90. The summed E-state index contributed by atoms with van der Waals surface area (Å²) in [6.45, 7) is 10.1. The third-order valence-corrected chi connectivity index (χ3v) is 4.98. The van der Waals surface area contributed by atoms with Crippen LogP contribution >= 0.6 is 0 Å². The van der Waals surface area contributed by atoms with E-state index in [1.54, 1.807) is 0 Å². The molecule has 3 nitrogen and oxygen atoms in total.